The van der Waals surface area contributed by atoms with Gasteiger partial charge in [0.15, 0.2) is 0 Å². The number of quaternary nitrogens is 1. The molecule has 0 amide bonds. The molecule has 0 unspecified atom stereocenters. The molecule has 2 heteroatoms. The molecule has 15 heavy (non-hydrogen) atoms. The third kappa shape index (κ3) is 1.18. The predicted molar refractivity (Wildman–Crippen MR) is 60.1 cm³/mol. The molecule has 2 nitrogen and oxygen atoms in total. The molecule has 1 aromatic rings. The Hall–Kier alpha value is -0.860. The number of hydrogen-bond donors (Lipinski definition) is 0. The molecule has 1 saturated heterocycles. The second-order valence-electron chi connectivity index (χ2n) is 4.97. The first-order valence-corrected chi connectivity index (χ1v) is 5.88. The third-order valence-corrected chi connectivity index (χ3v) is 4.28. The minimum atomic E-state index is 0.0387. The van der Waals surface area contributed by atoms with Crippen LogP contribution >= 0.6 is 0 Å². The third-order valence-electron chi connectivity index (χ3n) is 4.28. The molecule has 0 aliphatic carbocycles. The SMILES string of the molecule is C[C@H]1CC[C@@H]2c3ccccc3CC[N@@+]21[O-]. The van der Waals surface area contributed by atoms with Crippen molar-refractivity contribution in [1.82, 2.24) is 0 Å². The van der Waals surface area contributed by atoms with Crippen molar-refractivity contribution in [3.05, 3.63) is 40.6 Å². The summed E-state index contributed by atoms with van der Waals surface area (Å²) in [6, 6.07) is 9.01. The van der Waals surface area contributed by atoms with E-state index in [-0.39, 0.29) is 10.7 Å². The summed E-state index contributed by atoms with van der Waals surface area (Å²) in [4.78, 5) is 0. The van der Waals surface area contributed by atoms with E-state index in [2.05, 4.69) is 31.2 Å². The van der Waals surface area contributed by atoms with E-state index < -0.39 is 0 Å². The highest BCUT2D eigenvalue weighted by atomic mass is 16.6. The smallest absolute Gasteiger partial charge is 0.115 e. The van der Waals surface area contributed by atoms with Gasteiger partial charge in [-0.05, 0) is 12.5 Å². The van der Waals surface area contributed by atoms with Crippen molar-refractivity contribution in [2.45, 2.75) is 38.3 Å². The molecule has 3 atom stereocenters. The van der Waals surface area contributed by atoms with Gasteiger partial charge in [-0.1, -0.05) is 24.3 Å². The van der Waals surface area contributed by atoms with Crippen molar-refractivity contribution in [2.75, 3.05) is 6.54 Å². The van der Waals surface area contributed by atoms with Crippen molar-refractivity contribution < 1.29 is 4.65 Å². The van der Waals surface area contributed by atoms with E-state index in [1.807, 2.05) is 0 Å². The Bertz CT molecular complexity index is 390. The highest BCUT2D eigenvalue weighted by molar-refractivity contribution is 5.31. The minimum absolute atomic E-state index is 0.0387. The molecule has 2 aliphatic heterocycles. The summed E-state index contributed by atoms with van der Waals surface area (Å²) in [5, 5.41) is 12.7. The molecular formula is C13H17NO. The molecule has 2 aliphatic rings. The molecule has 0 N–H and O–H groups in total. The van der Waals surface area contributed by atoms with E-state index >= 15 is 0 Å². The van der Waals surface area contributed by atoms with Crippen LogP contribution in [-0.4, -0.2) is 17.2 Å². The first-order valence-electron chi connectivity index (χ1n) is 5.88. The maximum atomic E-state index is 12.7. The quantitative estimate of drug-likeness (QED) is 0.469. The van der Waals surface area contributed by atoms with Crippen molar-refractivity contribution >= 4 is 0 Å². The average Bonchev–Trinajstić information content (AvgIpc) is 2.56. The van der Waals surface area contributed by atoms with Crippen molar-refractivity contribution in [1.29, 1.82) is 0 Å². The largest absolute Gasteiger partial charge is 0.632 e. The van der Waals surface area contributed by atoms with E-state index in [0.717, 1.165) is 25.8 Å². The molecule has 1 fully saturated rings. The summed E-state index contributed by atoms with van der Waals surface area (Å²) in [6.45, 7) is 2.89. The minimum Gasteiger partial charge on any atom is -0.632 e. The van der Waals surface area contributed by atoms with Crippen LogP contribution in [0.25, 0.3) is 0 Å². The lowest BCUT2D eigenvalue weighted by atomic mass is 9.92. The van der Waals surface area contributed by atoms with Gasteiger partial charge in [0.1, 0.15) is 6.04 Å². The first kappa shape index (κ1) is 9.37. The van der Waals surface area contributed by atoms with E-state index in [1.54, 1.807) is 0 Å². The number of hydroxylamine groups is 3. The van der Waals surface area contributed by atoms with Gasteiger partial charge >= 0.3 is 0 Å². The van der Waals surface area contributed by atoms with Crippen LogP contribution in [0.3, 0.4) is 0 Å². The Morgan fingerprint density at radius 3 is 2.93 bits per heavy atom. The lowest BCUT2D eigenvalue weighted by Gasteiger charge is -2.51. The second kappa shape index (κ2) is 3.06. The molecule has 80 valence electrons. The van der Waals surface area contributed by atoms with Crippen LogP contribution in [0.2, 0.25) is 0 Å². The van der Waals surface area contributed by atoms with Crippen molar-refractivity contribution in [2.24, 2.45) is 0 Å². The average molecular weight is 203 g/mol. The van der Waals surface area contributed by atoms with Gasteiger partial charge in [-0.3, -0.25) is 0 Å². The monoisotopic (exact) mass is 203 g/mol. The Morgan fingerprint density at radius 1 is 1.27 bits per heavy atom. The fraction of sp³-hybridized carbons (Fsp3) is 0.538. The summed E-state index contributed by atoms with van der Waals surface area (Å²) in [6.07, 6.45) is 3.12. The number of fused-ring (bicyclic) bond motifs is 3. The Kier molecular flexibility index (Phi) is 1.91. The number of benzene rings is 1. The van der Waals surface area contributed by atoms with E-state index in [1.165, 1.54) is 11.1 Å². The summed E-state index contributed by atoms with van der Waals surface area (Å²) in [5.74, 6) is 0. The molecule has 1 aromatic carbocycles. The van der Waals surface area contributed by atoms with Gasteiger partial charge in [0.2, 0.25) is 0 Å². The van der Waals surface area contributed by atoms with Gasteiger partial charge in [-0.15, -0.1) is 0 Å². The summed E-state index contributed by atoms with van der Waals surface area (Å²) >= 11 is 0. The summed E-state index contributed by atoms with van der Waals surface area (Å²) < 4.78 is 0.0387. The van der Waals surface area contributed by atoms with Gasteiger partial charge in [0, 0.05) is 24.8 Å². The molecule has 3 rings (SSSR count). The molecule has 2 heterocycles. The van der Waals surface area contributed by atoms with Crippen LogP contribution in [0.4, 0.5) is 0 Å². The molecule has 0 spiro atoms. The summed E-state index contributed by atoms with van der Waals surface area (Å²) in [5.41, 5.74) is 2.73. The number of hydrogen-bond acceptors (Lipinski definition) is 1. The molecule has 0 saturated carbocycles. The fourth-order valence-electron chi connectivity index (χ4n) is 3.29. The van der Waals surface area contributed by atoms with Gasteiger partial charge < -0.3 is 9.85 Å². The Labute approximate surface area is 90.7 Å². The zero-order chi connectivity index (χ0) is 10.5. The maximum absolute atomic E-state index is 12.7. The van der Waals surface area contributed by atoms with Crippen LogP contribution in [0.15, 0.2) is 24.3 Å². The number of rotatable bonds is 0. The lowest BCUT2D eigenvalue weighted by Crippen LogP contribution is -2.50. The zero-order valence-electron chi connectivity index (χ0n) is 9.15. The van der Waals surface area contributed by atoms with E-state index in [4.69, 9.17) is 0 Å². The molecule has 0 aromatic heterocycles. The van der Waals surface area contributed by atoms with Crippen LogP contribution in [0, 0.1) is 5.21 Å². The molecular weight excluding hydrogens is 186 g/mol. The highest BCUT2D eigenvalue weighted by Gasteiger charge is 2.44. The van der Waals surface area contributed by atoms with Crippen LogP contribution in [-0.2, 0) is 6.42 Å². The highest BCUT2D eigenvalue weighted by Crippen LogP contribution is 2.46. The summed E-state index contributed by atoms with van der Waals surface area (Å²) in [7, 11) is 0. The van der Waals surface area contributed by atoms with Crippen LogP contribution in [0.1, 0.15) is 36.9 Å². The second-order valence-corrected chi connectivity index (χ2v) is 4.97. The predicted octanol–water partition coefficient (Wildman–Crippen LogP) is 2.78. The zero-order valence-corrected chi connectivity index (χ0v) is 9.15. The normalized spacial score (nSPS) is 38.5. The van der Waals surface area contributed by atoms with E-state index in [0.29, 0.717) is 6.04 Å². The standard InChI is InChI=1S/C13H17NO/c1-10-6-7-13-12-5-3-2-4-11(12)8-9-14(10,13)15/h2-5,10,13H,6-9H2,1H3/t10-,13+,14-/m0/s1. The topological polar surface area (TPSA) is 23.1 Å². The van der Waals surface area contributed by atoms with Gasteiger partial charge in [0.25, 0.3) is 0 Å². The van der Waals surface area contributed by atoms with Gasteiger partial charge in [-0.2, -0.15) is 0 Å². The van der Waals surface area contributed by atoms with E-state index in [9.17, 15) is 5.21 Å². The molecule has 0 bridgehead atoms. The van der Waals surface area contributed by atoms with Crippen LogP contribution < -0.4 is 0 Å². The van der Waals surface area contributed by atoms with Crippen molar-refractivity contribution in [3.63, 3.8) is 0 Å². The van der Waals surface area contributed by atoms with Crippen LogP contribution in [0.5, 0.6) is 0 Å². The van der Waals surface area contributed by atoms with Gasteiger partial charge in [-0.25, -0.2) is 0 Å². The van der Waals surface area contributed by atoms with Gasteiger partial charge in [0.05, 0.1) is 12.6 Å². The maximum Gasteiger partial charge on any atom is 0.115 e. The number of nitrogens with zero attached hydrogens (tertiary/aromatic N) is 1. The lowest BCUT2D eigenvalue weighted by molar-refractivity contribution is -0.921. The first-order chi connectivity index (χ1) is 7.22. The Morgan fingerprint density at radius 2 is 2.07 bits per heavy atom. The molecule has 0 radical (unpaired) electrons. The fourth-order valence-corrected chi connectivity index (χ4v) is 3.29. The Balaban J connectivity index is 2.09. The van der Waals surface area contributed by atoms with Crippen molar-refractivity contribution in [3.8, 4) is 0 Å².